The van der Waals surface area contributed by atoms with Crippen LogP contribution in [-0.4, -0.2) is 16.7 Å². The standard InChI is InChI=1S/C12H13Cl2N3/c1-2-15-6-8-7-16-17-12(8)10-4-3-9(13)5-11(10)14/h3-5,7,15H,2,6H2,1H3,(H,16,17). The molecule has 1 aromatic heterocycles. The van der Waals surface area contributed by atoms with E-state index in [4.69, 9.17) is 23.2 Å². The highest BCUT2D eigenvalue weighted by Gasteiger charge is 2.10. The molecule has 5 heteroatoms. The van der Waals surface area contributed by atoms with E-state index in [2.05, 4.69) is 22.4 Å². The van der Waals surface area contributed by atoms with E-state index in [-0.39, 0.29) is 0 Å². The third-order valence-electron chi connectivity index (χ3n) is 2.48. The van der Waals surface area contributed by atoms with Gasteiger partial charge in [-0.2, -0.15) is 5.10 Å². The quantitative estimate of drug-likeness (QED) is 0.892. The normalized spacial score (nSPS) is 10.8. The number of nitrogens with one attached hydrogen (secondary N) is 2. The highest BCUT2D eigenvalue weighted by atomic mass is 35.5. The van der Waals surface area contributed by atoms with Gasteiger partial charge in [0.15, 0.2) is 0 Å². The van der Waals surface area contributed by atoms with Crippen LogP contribution in [0.4, 0.5) is 0 Å². The fraction of sp³-hybridized carbons (Fsp3) is 0.250. The molecule has 0 spiro atoms. The minimum absolute atomic E-state index is 0.625. The van der Waals surface area contributed by atoms with Crippen LogP contribution in [0.1, 0.15) is 12.5 Å². The van der Waals surface area contributed by atoms with Gasteiger partial charge in [0, 0.05) is 22.7 Å². The summed E-state index contributed by atoms with van der Waals surface area (Å²) in [5, 5.41) is 11.6. The average molecular weight is 270 g/mol. The third-order valence-corrected chi connectivity index (χ3v) is 3.03. The molecule has 0 amide bonds. The molecular weight excluding hydrogens is 257 g/mol. The Morgan fingerprint density at radius 3 is 2.88 bits per heavy atom. The van der Waals surface area contributed by atoms with Crippen molar-refractivity contribution in [2.45, 2.75) is 13.5 Å². The molecule has 2 N–H and O–H groups in total. The fourth-order valence-corrected chi connectivity index (χ4v) is 2.13. The maximum Gasteiger partial charge on any atom is 0.0710 e. The number of aromatic amines is 1. The summed E-state index contributed by atoms with van der Waals surface area (Å²) in [5.74, 6) is 0. The maximum absolute atomic E-state index is 6.17. The molecular formula is C12H13Cl2N3. The zero-order valence-corrected chi connectivity index (χ0v) is 10.9. The summed E-state index contributed by atoms with van der Waals surface area (Å²) in [7, 11) is 0. The molecule has 2 aromatic rings. The van der Waals surface area contributed by atoms with Crippen molar-refractivity contribution in [1.29, 1.82) is 0 Å². The Labute approximate surface area is 110 Å². The molecule has 3 nitrogen and oxygen atoms in total. The highest BCUT2D eigenvalue weighted by Crippen LogP contribution is 2.30. The fourth-order valence-electron chi connectivity index (χ4n) is 1.63. The lowest BCUT2D eigenvalue weighted by atomic mass is 10.1. The van der Waals surface area contributed by atoms with Crippen LogP contribution in [0.5, 0.6) is 0 Å². The van der Waals surface area contributed by atoms with Gasteiger partial charge in [-0.3, -0.25) is 5.10 Å². The van der Waals surface area contributed by atoms with Crippen LogP contribution in [0.15, 0.2) is 24.4 Å². The number of hydrogen-bond donors (Lipinski definition) is 2. The largest absolute Gasteiger partial charge is 0.313 e. The molecule has 90 valence electrons. The lowest BCUT2D eigenvalue weighted by Crippen LogP contribution is -2.11. The van der Waals surface area contributed by atoms with Crippen molar-refractivity contribution >= 4 is 23.2 Å². The van der Waals surface area contributed by atoms with Gasteiger partial charge in [-0.1, -0.05) is 30.1 Å². The van der Waals surface area contributed by atoms with Gasteiger partial charge < -0.3 is 5.32 Å². The number of aromatic nitrogens is 2. The summed E-state index contributed by atoms with van der Waals surface area (Å²) in [6.45, 7) is 3.75. The molecule has 0 radical (unpaired) electrons. The summed E-state index contributed by atoms with van der Waals surface area (Å²) >= 11 is 12.1. The third kappa shape index (κ3) is 2.80. The van der Waals surface area contributed by atoms with Gasteiger partial charge in [0.2, 0.25) is 0 Å². The first kappa shape index (κ1) is 12.4. The second-order valence-corrected chi connectivity index (χ2v) is 4.52. The average Bonchev–Trinajstić information content (AvgIpc) is 2.74. The van der Waals surface area contributed by atoms with Crippen molar-refractivity contribution in [3.63, 3.8) is 0 Å². The number of rotatable bonds is 4. The van der Waals surface area contributed by atoms with E-state index in [1.54, 1.807) is 6.07 Å². The van der Waals surface area contributed by atoms with E-state index in [0.717, 1.165) is 29.9 Å². The van der Waals surface area contributed by atoms with E-state index in [9.17, 15) is 0 Å². The molecule has 2 rings (SSSR count). The van der Waals surface area contributed by atoms with Crippen LogP contribution in [0.25, 0.3) is 11.3 Å². The molecule has 0 atom stereocenters. The van der Waals surface area contributed by atoms with Gasteiger partial charge in [0.05, 0.1) is 16.9 Å². The van der Waals surface area contributed by atoms with Crippen molar-refractivity contribution in [1.82, 2.24) is 15.5 Å². The van der Waals surface area contributed by atoms with Crippen molar-refractivity contribution in [2.75, 3.05) is 6.54 Å². The predicted octanol–water partition coefficient (Wildman–Crippen LogP) is 3.49. The van der Waals surface area contributed by atoms with E-state index >= 15 is 0 Å². The van der Waals surface area contributed by atoms with Crippen molar-refractivity contribution in [2.24, 2.45) is 0 Å². The maximum atomic E-state index is 6.17. The van der Waals surface area contributed by atoms with E-state index in [1.807, 2.05) is 18.3 Å². The van der Waals surface area contributed by atoms with Crippen molar-refractivity contribution in [3.8, 4) is 11.3 Å². The molecule has 0 fully saturated rings. The molecule has 0 aliphatic rings. The van der Waals surface area contributed by atoms with E-state index in [1.165, 1.54) is 0 Å². The van der Waals surface area contributed by atoms with E-state index < -0.39 is 0 Å². The molecule has 0 aliphatic heterocycles. The summed E-state index contributed by atoms with van der Waals surface area (Å²) in [5.41, 5.74) is 2.95. The molecule has 0 aliphatic carbocycles. The number of H-pyrrole nitrogens is 1. The zero-order chi connectivity index (χ0) is 12.3. The van der Waals surface area contributed by atoms with Crippen LogP contribution >= 0.6 is 23.2 Å². The summed E-state index contributed by atoms with van der Waals surface area (Å²) in [6.07, 6.45) is 1.81. The molecule has 1 aromatic carbocycles. The summed E-state index contributed by atoms with van der Waals surface area (Å²) < 4.78 is 0. The van der Waals surface area contributed by atoms with Gasteiger partial charge in [0.1, 0.15) is 0 Å². The smallest absolute Gasteiger partial charge is 0.0710 e. The monoisotopic (exact) mass is 269 g/mol. The second kappa shape index (κ2) is 5.54. The Balaban J connectivity index is 2.35. The minimum atomic E-state index is 0.625. The van der Waals surface area contributed by atoms with Gasteiger partial charge in [-0.05, 0) is 24.7 Å². The Morgan fingerprint density at radius 2 is 2.18 bits per heavy atom. The zero-order valence-electron chi connectivity index (χ0n) is 9.43. The molecule has 0 saturated heterocycles. The molecule has 0 bridgehead atoms. The predicted molar refractivity (Wildman–Crippen MR) is 71.4 cm³/mol. The SMILES string of the molecule is CCNCc1cn[nH]c1-c1ccc(Cl)cc1Cl. The number of nitrogens with zero attached hydrogens (tertiary/aromatic N) is 1. The van der Waals surface area contributed by atoms with Gasteiger partial charge in [0.25, 0.3) is 0 Å². The lowest BCUT2D eigenvalue weighted by Gasteiger charge is -2.06. The minimum Gasteiger partial charge on any atom is -0.313 e. The Hall–Kier alpha value is -1.03. The molecule has 1 heterocycles. The number of hydrogen-bond acceptors (Lipinski definition) is 2. The van der Waals surface area contributed by atoms with Crippen LogP contribution < -0.4 is 5.32 Å². The van der Waals surface area contributed by atoms with Gasteiger partial charge in [-0.15, -0.1) is 0 Å². The van der Waals surface area contributed by atoms with Crippen molar-refractivity contribution < 1.29 is 0 Å². The second-order valence-electron chi connectivity index (χ2n) is 3.67. The number of benzene rings is 1. The van der Waals surface area contributed by atoms with Gasteiger partial charge in [-0.25, -0.2) is 0 Å². The molecule has 0 saturated carbocycles. The van der Waals surface area contributed by atoms with Crippen LogP contribution in [0.3, 0.4) is 0 Å². The first-order chi connectivity index (χ1) is 8.22. The lowest BCUT2D eigenvalue weighted by molar-refractivity contribution is 0.728. The summed E-state index contributed by atoms with van der Waals surface area (Å²) in [4.78, 5) is 0. The van der Waals surface area contributed by atoms with Crippen LogP contribution in [0, 0.1) is 0 Å². The summed E-state index contributed by atoms with van der Waals surface area (Å²) in [6, 6.07) is 5.45. The topological polar surface area (TPSA) is 40.7 Å². The van der Waals surface area contributed by atoms with Crippen LogP contribution in [0.2, 0.25) is 10.0 Å². The Kier molecular flexibility index (Phi) is 4.05. The first-order valence-corrected chi connectivity index (χ1v) is 6.16. The van der Waals surface area contributed by atoms with Crippen molar-refractivity contribution in [3.05, 3.63) is 40.0 Å². The Morgan fingerprint density at radius 1 is 1.35 bits per heavy atom. The first-order valence-electron chi connectivity index (χ1n) is 5.40. The Bertz CT molecular complexity index is 508. The van der Waals surface area contributed by atoms with Gasteiger partial charge >= 0.3 is 0 Å². The molecule has 17 heavy (non-hydrogen) atoms. The van der Waals surface area contributed by atoms with Crippen LogP contribution in [-0.2, 0) is 6.54 Å². The van der Waals surface area contributed by atoms with E-state index in [0.29, 0.717) is 10.0 Å². The number of halogens is 2. The highest BCUT2D eigenvalue weighted by molar-refractivity contribution is 6.36. The molecule has 0 unspecified atom stereocenters.